The molecule has 0 bridgehead atoms. The average molecular weight is 497 g/mol. The molecule has 1 fully saturated rings. The molecule has 34 heavy (non-hydrogen) atoms. The van der Waals surface area contributed by atoms with Gasteiger partial charge in [-0.15, -0.1) is 22.7 Å². The number of thiazole rings is 2. The van der Waals surface area contributed by atoms with E-state index in [0.29, 0.717) is 56.1 Å². The molecule has 3 aliphatic rings. The minimum absolute atomic E-state index is 0.164. The van der Waals surface area contributed by atoms with Crippen LogP contribution in [0.15, 0.2) is 23.5 Å². The summed E-state index contributed by atoms with van der Waals surface area (Å²) in [6.07, 6.45) is 6.72. The van der Waals surface area contributed by atoms with Crippen LogP contribution < -0.4 is 10.6 Å². The molecule has 10 heteroatoms. The van der Waals surface area contributed by atoms with Crippen molar-refractivity contribution in [2.45, 2.75) is 39.5 Å². The summed E-state index contributed by atoms with van der Waals surface area (Å²) in [5, 5.41) is 7.80. The van der Waals surface area contributed by atoms with Gasteiger partial charge in [0.1, 0.15) is 21.1 Å². The number of aromatic nitrogens is 2. The highest BCUT2D eigenvalue weighted by atomic mass is 32.1. The summed E-state index contributed by atoms with van der Waals surface area (Å²) < 4.78 is 0. The Morgan fingerprint density at radius 1 is 0.735 bits per heavy atom. The first-order valence-corrected chi connectivity index (χ1v) is 13.0. The number of carbonyl (C=O) groups is 4. The predicted molar refractivity (Wildman–Crippen MR) is 129 cm³/mol. The Balaban J connectivity index is 1.10. The van der Waals surface area contributed by atoms with Gasteiger partial charge >= 0.3 is 0 Å². The zero-order valence-corrected chi connectivity index (χ0v) is 20.5. The third kappa shape index (κ3) is 4.27. The number of nitrogens with zero attached hydrogens (tertiary/aromatic N) is 2. The minimum atomic E-state index is -0.213. The number of ketones is 4. The van der Waals surface area contributed by atoms with Crippen LogP contribution in [0.1, 0.15) is 76.0 Å². The summed E-state index contributed by atoms with van der Waals surface area (Å²) in [6, 6.07) is 0. The summed E-state index contributed by atoms with van der Waals surface area (Å²) in [4.78, 5) is 59.2. The van der Waals surface area contributed by atoms with E-state index >= 15 is 0 Å². The molecule has 3 aliphatic carbocycles. The van der Waals surface area contributed by atoms with Crippen LogP contribution in [0.3, 0.4) is 0 Å². The van der Waals surface area contributed by atoms with E-state index in [1.54, 1.807) is 13.8 Å². The third-order valence-electron chi connectivity index (χ3n) is 6.51. The first kappa shape index (κ1) is 22.8. The van der Waals surface area contributed by atoms with Crippen molar-refractivity contribution in [3.63, 3.8) is 0 Å². The molecule has 0 unspecified atom stereocenters. The highest BCUT2D eigenvalue weighted by Gasteiger charge is 2.32. The number of allylic oxidation sites excluding steroid dienone is 4. The average Bonchev–Trinajstić information content (AvgIpc) is 3.41. The highest BCUT2D eigenvalue weighted by molar-refractivity contribution is 7.14. The fourth-order valence-corrected chi connectivity index (χ4v) is 6.34. The molecular weight excluding hydrogens is 472 g/mol. The Hall–Kier alpha value is -2.98. The number of carbonyl (C=O) groups excluding carboxylic acids is 4. The number of fused-ring (bicyclic) bond motifs is 2. The largest absolute Gasteiger partial charge is 0.381 e. The molecule has 0 aromatic carbocycles. The topological polar surface area (TPSA) is 118 Å². The first-order valence-electron chi connectivity index (χ1n) is 11.3. The van der Waals surface area contributed by atoms with Gasteiger partial charge in [-0.3, -0.25) is 19.2 Å². The van der Waals surface area contributed by atoms with Crippen LogP contribution in [0.5, 0.6) is 0 Å². The lowest BCUT2D eigenvalue weighted by Gasteiger charge is -2.30. The maximum absolute atomic E-state index is 12.7. The molecule has 2 N–H and O–H groups in total. The maximum atomic E-state index is 12.7. The van der Waals surface area contributed by atoms with Crippen molar-refractivity contribution in [1.29, 1.82) is 0 Å². The number of rotatable bonds is 6. The smallest absolute Gasteiger partial charge is 0.228 e. The van der Waals surface area contributed by atoms with Crippen LogP contribution in [0.25, 0.3) is 0 Å². The van der Waals surface area contributed by atoms with Gasteiger partial charge in [0.15, 0.2) is 11.6 Å². The van der Waals surface area contributed by atoms with E-state index in [1.807, 2.05) is 0 Å². The van der Waals surface area contributed by atoms with Crippen molar-refractivity contribution < 1.29 is 19.2 Å². The standard InChI is InChI=1S/C24H24N4O4S2/c1-11-27-19-21(31)15(7-17(29)23(19)33-11)25-9-13-3-5-14(6-4-13)10-26-16-8-18(30)24-20(22(16)32)28-12(2)34-24/h7-8,13-14,25-26H,3-6,9-10H2,1-2H3. The zero-order chi connectivity index (χ0) is 24.0. The van der Waals surface area contributed by atoms with Crippen LogP contribution in [-0.4, -0.2) is 46.2 Å². The van der Waals surface area contributed by atoms with Crippen molar-refractivity contribution in [1.82, 2.24) is 20.6 Å². The van der Waals surface area contributed by atoms with Crippen LogP contribution in [0.2, 0.25) is 0 Å². The Kier molecular flexibility index (Phi) is 6.03. The molecular formula is C24H24N4O4S2. The summed E-state index contributed by atoms with van der Waals surface area (Å²) in [5.41, 5.74) is 1.18. The van der Waals surface area contributed by atoms with Gasteiger partial charge in [-0.2, -0.15) is 0 Å². The molecule has 176 valence electrons. The summed E-state index contributed by atoms with van der Waals surface area (Å²) >= 11 is 2.51. The van der Waals surface area contributed by atoms with Crippen LogP contribution in [0.4, 0.5) is 0 Å². The predicted octanol–water partition coefficient (Wildman–Crippen LogP) is 3.43. The Bertz CT molecular complexity index is 1180. The molecule has 1 saturated carbocycles. The molecule has 0 aliphatic heterocycles. The van der Waals surface area contributed by atoms with E-state index < -0.39 is 0 Å². The number of hydrogen-bond donors (Lipinski definition) is 2. The number of Topliss-reactive ketones (excluding diaryl/α,β-unsaturated/α-hetero) is 2. The second kappa shape index (κ2) is 8.99. The van der Waals surface area contributed by atoms with E-state index in [1.165, 1.54) is 34.8 Å². The van der Waals surface area contributed by atoms with Gasteiger partial charge in [0, 0.05) is 25.2 Å². The van der Waals surface area contributed by atoms with E-state index in [2.05, 4.69) is 20.6 Å². The van der Waals surface area contributed by atoms with Gasteiger partial charge in [-0.1, -0.05) is 0 Å². The Morgan fingerprint density at radius 2 is 1.12 bits per heavy atom. The Morgan fingerprint density at radius 3 is 1.50 bits per heavy atom. The van der Waals surface area contributed by atoms with Crippen LogP contribution in [0, 0.1) is 25.7 Å². The van der Waals surface area contributed by atoms with Gasteiger partial charge in [-0.25, -0.2) is 9.97 Å². The molecule has 0 spiro atoms. The lowest BCUT2D eigenvalue weighted by Crippen LogP contribution is -2.34. The zero-order valence-electron chi connectivity index (χ0n) is 18.9. The van der Waals surface area contributed by atoms with Gasteiger partial charge < -0.3 is 10.6 Å². The molecule has 5 rings (SSSR count). The lowest BCUT2D eigenvalue weighted by molar-refractivity contribution is 0.0974. The van der Waals surface area contributed by atoms with Crippen molar-refractivity contribution >= 4 is 45.8 Å². The molecule has 2 aromatic rings. The monoisotopic (exact) mass is 496 g/mol. The number of nitrogens with one attached hydrogen (secondary N) is 2. The first-order chi connectivity index (χ1) is 16.3. The van der Waals surface area contributed by atoms with E-state index in [9.17, 15) is 19.2 Å². The van der Waals surface area contributed by atoms with Crippen LogP contribution >= 0.6 is 22.7 Å². The second-order valence-electron chi connectivity index (χ2n) is 8.97. The van der Waals surface area contributed by atoms with Gasteiger partial charge in [0.25, 0.3) is 0 Å². The van der Waals surface area contributed by atoms with E-state index in [4.69, 9.17) is 0 Å². The van der Waals surface area contributed by atoms with E-state index in [0.717, 1.165) is 25.7 Å². The van der Waals surface area contributed by atoms with E-state index in [-0.39, 0.29) is 34.5 Å². The van der Waals surface area contributed by atoms with Gasteiger partial charge in [0.05, 0.1) is 21.4 Å². The maximum Gasteiger partial charge on any atom is 0.228 e. The molecule has 2 aromatic heterocycles. The molecule has 0 saturated heterocycles. The van der Waals surface area contributed by atoms with Crippen molar-refractivity contribution in [3.05, 3.63) is 54.7 Å². The highest BCUT2D eigenvalue weighted by Crippen LogP contribution is 2.30. The summed E-state index contributed by atoms with van der Waals surface area (Å²) in [6.45, 7) is 4.85. The number of hydrogen-bond acceptors (Lipinski definition) is 10. The van der Waals surface area contributed by atoms with Crippen molar-refractivity contribution in [3.8, 4) is 0 Å². The quantitative estimate of drug-likeness (QED) is 0.625. The minimum Gasteiger partial charge on any atom is -0.381 e. The molecule has 0 radical (unpaired) electrons. The molecule has 8 nitrogen and oxygen atoms in total. The van der Waals surface area contributed by atoms with Crippen molar-refractivity contribution in [2.24, 2.45) is 11.8 Å². The van der Waals surface area contributed by atoms with Crippen molar-refractivity contribution in [2.75, 3.05) is 13.1 Å². The van der Waals surface area contributed by atoms with Crippen LogP contribution in [-0.2, 0) is 0 Å². The molecule has 0 atom stereocenters. The normalized spacial score (nSPS) is 22.2. The fraction of sp³-hybridized carbons (Fsp3) is 0.417. The summed E-state index contributed by atoms with van der Waals surface area (Å²) in [7, 11) is 0. The summed E-state index contributed by atoms with van der Waals surface area (Å²) in [5.74, 6) is 0.0444. The Labute approximate surface area is 204 Å². The second-order valence-corrected chi connectivity index (χ2v) is 11.4. The lowest BCUT2D eigenvalue weighted by atomic mass is 9.81. The molecule has 0 amide bonds. The van der Waals surface area contributed by atoms with Gasteiger partial charge in [0.2, 0.25) is 11.6 Å². The number of aryl methyl sites for hydroxylation is 2. The molecule has 2 heterocycles. The third-order valence-corrected chi connectivity index (χ3v) is 8.49. The fourth-order valence-electron chi connectivity index (χ4n) is 4.69. The van der Waals surface area contributed by atoms with Gasteiger partial charge in [-0.05, 0) is 51.4 Å². The SMILES string of the molecule is Cc1nc2c(s1)C(=O)C=C(NCC1CCC(CNC3=CC(=O)c4sc(C)nc4C3=O)CC1)C2=O.